The topological polar surface area (TPSA) is 75.7 Å². The zero-order chi connectivity index (χ0) is 11.5. The number of hydrogen-bond acceptors (Lipinski definition) is 5. The van der Waals surface area contributed by atoms with Gasteiger partial charge < -0.3 is 10.1 Å². The van der Waals surface area contributed by atoms with Crippen LogP contribution in [0.1, 0.15) is 6.92 Å². The van der Waals surface area contributed by atoms with Crippen LogP contribution in [0.4, 0.5) is 5.82 Å². The fourth-order valence-electron chi connectivity index (χ4n) is 1.44. The van der Waals surface area contributed by atoms with Crippen LogP contribution in [0.3, 0.4) is 0 Å². The highest BCUT2D eigenvalue weighted by molar-refractivity contribution is 6.28. The average Bonchev–Trinajstić information content (AvgIpc) is 2.65. The molecule has 0 amide bonds. The van der Waals surface area contributed by atoms with E-state index in [4.69, 9.17) is 16.3 Å². The molecule has 16 heavy (non-hydrogen) atoms. The minimum Gasteiger partial charge on any atom is -0.383 e. The highest BCUT2D eigenvalue weighted by Crippen LogP contribution is 2.20. The van der Waals surface area contributed by atoms with Gasteiger partial charge in [0.1, 0.15) is 5.82 Å². The zero-order valence-corrected chi connectivity index (χ0v) is 9.75. The zero-order valence-electron chi connectivity index (χ0n) is 8.99. The maximum atomic E-state index is 5.80. The van der Waals surface area contributed by atoms with Gasteiger partial charge in [-0.05, 0) is 18.5 Å². The predicted octanol–water partition coefficient (Wildman–Crippen LogP) is 1.45. The van der Waals surface area contributed by atoms with Gasteiger partial charge in [-0.15, -0.1) is 0 Å². The smallest absolute Gasteiger partial charge is 0.226 e. The number of halogens is 1. The summed E-state index contributed by atoms with van der Waals surface area (Å²) in [5, 5.41) is 10.8. The molecule has 86 valence electrons. The van der Waals surface area contributed by atoms with Gasteiger partial charge in [0.05, 0.1) is 18.2 Å². The third-order valence-corrected chi connectivity index (χ3v) is 2.25. The summed E-state index contributed by atoms with van der Waals surface area (Å²) in [6, 6.07) is 0.133. The number of nitrogens with one attached hydrogen (secondary N) is 2. The molecule has 1 unspecified atom stereocenters. The molecule has 0 spiro atoms. The maximum Gasteiger partial charge on any atom is 0.226 e. The minimum atomic E-state index is 0.133. The summed E-state index contributed by atoms with van der Waals surface area (Å²) in [7, 11) is 1.65. The van der Waals surface area contributed by atoms with Gasteiger partial charge in [0.25, 0.3) is 0 Å². The van der Waals surface area contributed by atoms with E-state index in [1.807, 2.05) is 6.92 Å². The van der Waals surface area contributed by atoms with Gasteiger partial charge >= 0.3 is 0 Å². The molecule has 2 heterocycles. The normalized spacial score (nSPS) is 12.9. The average molecular weight is 242 g/mol. The Hall–Kier alpha value is -1.40. The highest BCUT2D eigenvalue weighted by Gasteiger charge is 2.10. The standard InChI is InChI=1S/C9H12ClN5O/c1-5(4-16-2)12-7-6-3-11-15-8(6)14-9(10)13-7/h3,5H,4H2,1-2H3,(H2,11,12,13,14,15). The molecule has 0 aliphatic rings. The molecule has 2 aromatic rings. The molecule has 6 nitrogen and oxygen atoms in total. The van der Waals surface area contributed by atoms with Crippen molar-refractivity contribution < 1.29 is 4.74 Å². The molecule has 0 fully saturated rings. The van der Waals surface area contributed by atoms with Crippen LogP contribution in [0, 0.1) is 0 Å². The number of ether oxygens (including phenoxy) is 1. The van der Waals surface area contributed by atoms with Crippen molar-refractivity contribution in [2.75, 3.05) is 19.0 Å². The van der Waals surface area contributed by atoms with Crippen molar-refractivity contribution in [2.24, 2.45) is 0 Å². The lowest BCUT2D eigenvalue weighted by Gasteiger charge is -2.13. The number of H-pyrrole nitrogens is 1. The molecule has 0 radical (unpaired) electrons. The van der Waals surface area contributed by atoms with Gasteiger partial charge in [0.2, 0.25) is 5.28 Å². The van der Waals surface area contributed by atoms with Gasteiger partial charge in [-0.25, -0.2) is 0 Å². The second kappa shape index (κ2) is 4.63. The van der Waals surface area contributed by atoms with Crippen molar-refractivity contribution in [2.45, 2.75) is 13.0 Å². The number of hydrogen-bond donors (Lipinski definition) is 2. The number of rotatable bonds is 4. The van der Waals surface area contributed by atoms with Crippen LogP contribution >= 0.6 is 11.6 Å². The molecule has 0 aromatic carbocycles. The maximum absolute atomic E-state index is 5.80. The first-order valence-electron chi connectivity index (χ1n) is 4.83. The van der Waals surface area contributed by atoms with E-state index in [0.29, 0.717) is 18.1 Å². The lowest BCUT2D eigenvalue weighted by atomic mass is 10.3. The Morgan fingerprint density at radius 3 is 3.12 bits per heavy atom. The number of fused-ring (bicyclic) bond motifs is 1. The van der Waals surface area contributed by atoms with Crippen molar-refractivity contribution in [3.8, 4) is 0 Å². The van der Waals surface area contributed by atoms with Gasteiger partial charge in [-0.2, -0.15) is 15.1 Å². The Labute approximate surface area is 97.4 Å². The molecule has 0 saturated heterocycles. The minimum absolute atomic E-state index is 0.133. The number of anilines is 1. The van der Waals surface area contributed by atoms with E-state index in [9.17, 15) is 0 Å². The van der Waals surface area contributed by atoms with E-state index in [1.54, 1.807) is 13.3 Å². The van der Waals surface area contributed by atoms with Crippen molar-refractivity contribution in [1.29, 1.82) is 0 Å². The van der Waals surface area contributed by atoms with Crippen molar-refractivity contribution in [3.63, 3.8) is 0 Å². The van der Waals surface area contributed by atoms with Crippen LogP contribution in [0.25, 0.3) is 11.0 Å². The van der Waals surface area contributed by atoms with E-state index in [2.05, 4.69) is 25.5 Å². The molecule has 0 bridgehead atoms. The van der Waals surface area contributed by atoms with Gasteiger partial charge in [0.15, 0.2) is 5.65 Å². The third kappa shape index (κ3) is 2.23. The van der Waals surface area contributed by atoms with E-state index in [0.717, 1.165) is 5.39 Å². The summed E-state index contributed by atoms with van der Waals surface area (Å²) < 4.78 is 5.04. The highest BCUT2D eigenvalue weighted by atomic mass is 35.5. The lowest BCUT2D eigenvalue weighted by Crippen LogP contribution is -2.21. The first-order chi connectivity index (χ1) is 7.70. The van der Waals surface area contributed by atoms with Crippen LogP contribution in [-0.2, 0) is 4.74 Å². The molecule has 2 aromatic heterocycles. The van der Waals surface area contributed by atoms with E-state index in [1.165, 1.54) is 0 Å². The molecule has 1 atom stereocenters. The van der Waals surface area contributed by atoms with Gasteiger partial charge in [0, 0.05) is 13.2 Å². The van der Waals surface area contributed by atoms with Crippen molar-refractivity contribution >= 4 is 28.5 Å². The predicted molar refractivity (Wildman–Crippen MR) is 61.7 cm³/mol. The monoisotopic (exact) mass is 241 g/mol. The molecule has 0 saturated carbocycles. The van der Waals surface area contributed by atoms with E-state index in [-0.39, 0.29) is 11.3 Å². The summed E-state index contributed by atoms with van der Waals surface area (Å²) in [5.74, 6) is 0.660. The first kappa shape index (κ1) is 11.1. The quantitative estimate of drug-likeness (QED) is 0.793. The fraction of sp³-hybridized carbons (Fsp3) is 0.444. The third-order valence-electron chi connectivity index (χ3n) is 2.08. The van der Waals surface area contributed by atoms with Crippen molar-refractivity contribution in [1.82, 2.24) is 20.2 Å². The number of nitrogens with zero attached hydrogens (tertiary/aromatic N) is 3. The van der Waals surface area contributed by atoms with Crippen LogP contribution in [0.5, 0.6) is 0 Å². The van der Waals surface area contributed by atoms with Gasteiger partial charge in [-0.1, -0.05) is 0 Å². The summed E-state index contributed by atoms with van der Waals surface area (Å²) >= 11 is 5.80. The lowest BCUT2D eigenvalue weighted by molar-refractivity contribution is 0.190. The van der Waals surface area contributed by atoms with Crippen LogP contribution in [0.15, 0.2) is 6.20 Å². The number of aromatic nitrogens is 4. The van der Waals surface area contributed by atoms with Crippen LogP contribution in [0.2, 0.25) is 5.28 Å². The Bertz CT molecular complexity index is 486. The SMILES string of the molecule is COCC(C)Nc1nc(Cl)nc2[nH]ncc12. The Morgan fingerprint density at radius 2 is 2.38 bits per heavy atom. The Morgan fingerprint density at radius 1 is 1.56 bits per heavy atom. The first-order valence-corrected chi connectivity index (χ1v) is 5.20. The molecular weight excluding hydrogens is 230 g/mol. The van der Waals surface area contributed by atoms with Crippen molar-refractivity contribution in [3.05, 3.63) is 11.5 Å². The second-order valence-electron chi connectivity index (χ2n) is 3.47. The Balaban J connectivity index is 2.31. The van der Waals surface area contributed by atoms with E-state index >= 15 is 0 Å². The summed E-state index contributed by atoms with van der Waals surface area (Å²) in [4.78, 5) is 8.14. The Kier molecular flexibility index (Phi) is 3.21. The largest absolute Gasteiger partial charge is 0.383 e. The molecule has 7 heteroatoms. The number of methoxy groups -OCH3 is 1. The molecule has 2 N–H and O–H groups in total. The molecule has 2 rings (SSSR count). The molecule has 0 aliphatic carbocycles. The summed E-state index contributed by atoms with van der Waals surface area (Å²) in [6.45, 7) is 2.58. The summed E-state index contributed by atoms with van der Waals surface area (Å²) in [6.07, 6.45) is 1.66. The van der Waals surface area contributed by atoms with Crippen LogP contribution < -0.4 is 5.32 Å². The molecular formula is C9H12ClN5O. The fourth-order valence-corrected chi connectivity index (χ4v) is 1.61. The van der Waals surface area contributed by atoms with Crippen LogP contribution in [-0.4, -0.2) is 39.9 Å². The van der Waals surface area contributed by atoms with E-state index < -0.39 is 0 Å². The number of aromatic amines is 1. The van der Waals surface area contributed by atoms with Gasteiger partial charge in [-0.3, -0.25) is 5.10 Å². The summed E-state index contributed by atoms with van der Waals surface area (Å²) in [5.41, 5.74) is 0.618. The molecule has 0 aliphatic heterocycles. The second-order valence-corrected chi connectivity index (χ2v) is 3.81.